The third kappa shape index (κ3) is 3.30. The van der Waals surface area contributed by atoms with Crippen LogP contribution in [0.3, 0.4) is 0 Å². The molecule has 0 atom stereocenters. The number of Topliss-reactive ketones (excluding diaryl/α,β-unsaturated/α-hetero) is 1. The second-order valence-corrected chi connectivity index (χ2v) is 6.42. The van der Waals surface area contributed by atoms with Crippen LogP contribution in [0.25, 0.3) is 0 Å². The molecule has 1 aliphatic carbocycles. The quantitative estimate of drug-likeness (QED) is 0.662. The van der Waals surface area contributed by atoms with Crippen molar-refractivity contribution in [3.05, 3.63) is 69.2 Å². The summed E-state index contributed by atoms with van der Waals surface area (Å²) in [6, 6.07) is 13.4. The summed E-state index contributed by atoms with van der Waals surface area (Å²) in [5.41, 5.74) is 2.97. The van der Waals surface area contributed by atoms with Gasteiger partial charge in [-0.25, -0.2) is 0 Å². The predicted molar refractivity (Wildman–Crippen MR) is 87.5 cm³/mol. The van der Waals surface area contributed by atoms with Crippen molar-refractivity contribution in [2.45, 2.75) is 31.6 Å². The molecule has 1 fully saturated rings. The lowest BCUT2D eigenvalue weighted by Gasteiger charge is -2.26. The monoisotopic (exact) mass is 318 g/mol. The van der Waals surface area contributed by atoms with E-state index in [2.05, 4.69) is 6.07 Å². The molecule has 3 rings (SSSR count). The minimum Gasteiger partial charge on any atom is -0.294 e. The van der Waals surface area contributed by atoms with Crippen molar-refractivity contribution in [3.8, 4) is 0 Å². The standard InChI is InChI=1S/C18H16Cl2O/c19-16-8-7-12(9-17(16)20)10-18(21)15-6-2-5-14(11-15)13-3-1-4-13/h2,5-9,11,13H,1,3-4,10H2. The van der Waals surface area contributed by atoms with Gasteiger partial charge in [-0.05, 0) is 48.1 Å². The average molecular weight is 319 g/mol. The van der Waals surface area contributed by atoms with Crippen molar-refractivity contribution in [2.24, 2.45) is 0 Å². The Balaban J connectivity index is 1.76. The highest BCUT2D eigenvalue weighted by Crippen LogP contribution is 2.36. The Morgan fingerprint density at radius 2 is 1.86 bits per heavy atom. The van der Waals surface area contributed by atoms with E-state index >= 15 is 0 Å². The van der Waals surface area contributed by atoms with Gasteiger partial charge < -0.3 is 0 Å². The molecular weight excluding hydrogens is 303 g/mol. The lowest BCUT2D eigenvalue weighted by atomic mass is 9.79. The molecule has 0 amide bonds. The molecule has 0 N–H and O–H groups in total. The van der Waals surface area contributed by atoms with E-state index in [1.54, 1.807) is 12.1 Å². The molecule has 0 radical (unpaired) electrons. The summed E-state index contributed by atoms with van der Waals surface area (Å²) in [4.78, 5) is 12.4. The summed E-state index contributed by atoms with van der Waals surface area (Å²) in [6.45, 7) is 0. The minimum absolute atomic E-state index is 0.120. The van der Waals surface area contributed by atoms with Crippen molar-refractivity contribution < 1.29 is 4.79 Å². The maximum atomic E-state index is 12.4. The zero-order chi connectivity index (χ0) is 14.8. The summed E-state index contributed by atoms with van der Waals surface area (Å²) in [6.07, 6.45) is 4.13. The Kier molecular flexibility index (Phi) is 4.32. The number of ketones is 1. The summed E-state index contributed by atoms with van der Waals surface area (Å²) >= 11 is 11.9. The van der Waals surface area contributed by atoms with Crippen molar-refractivity contribution >= 4 is 29.0 Å². The molecule has 0 unspecified atom stereocenters. The molecule has 21 heavy (non-hydrogen) atoms. The SMILES string of the molecule is O=C(Cc1ccc(Cl)c(Cl)c1)c1cccc(C2CCC2)c1. The van der Waals surface area contributed by atoms with Gasteiger partial charge in [-0.15, -0.1) is 0 Å². The highest BCUT2D eigenvalue weighted by atomic mass is 35.5. The summed E-state index contributed by atoms with van der Waals surface area (Å²) < 4.78 is 0. The van der Waals surface area contributed by atoms with Gasteiger partial charge in [0.05, 0.1) is 10.0 Å². The van der Waals surface area contributed by atoms with E-state index in [-0.39, 0.29) is 5.78 Å². The molecule has 0 saturated heterocycles. The Bertz CT molecular complexity index is 675. The fraction of sp³-hybridized carbons (Fsp3) is 0.278. The summed E-state index contributed by atoms with van der Waals surface area (Å²) in [7, 11) is 0. The number of hydrogen-bond donors (Lipinski definition) is 0. The van der Waals surface area contributed by atoms with Crippen LogP contribution in [0.1, 0.15) is 46.7 Å². The molecule has 2 aromatic rings. The zero-order valence-electron chi connectivity index (χ0n) is 11.6. The van der Waals surface area contributed by atoms with Gasteiger partial charge in [-0.1, -0.05) is 53.9 Å². The lowest BCUT2D eigenvalue weighted by molar-refractivity contribution is 0.0993. The number of halogens is 2. The molecule has 2 aromatic carbocycles. The Labute approximate surface area is 134 Å². The van der Waals surface area contributed by atoms with E-state index in [9.17, 15) is 4.79 Å². The third-order valence-electron chi connectivity index (χ3n) is 4.13. The average Bonchev–Trinajstić information content (AvgIpc) is 2.41. The fourth-order valence-corrected chi connectivity index (χ4v) is 2.97. The fourth-order valence-electron chi connectivity index (χ4n) is 2.64. The smallest absolute Gasteiger partial charge is 0.167 e. The van der Waals surface area contributed by atoms with Crippen LogP contribution < -0.4 is 0 Å². The van der Waals surface area contributed by atoms with Gasteiger partial charge in [0.2, 0.25) is 0 Å². The molecule has 1 aliphatic rings. The number of carbonyl (C=O) groups is 1. The van der Waals surface area contributed by atoms with Crippen molar-refractivity contribution in [3.63, 3.8) is 0 Å². The van der Waals surface area contributed by atoms with E-state index in [1.807, 2.05) is 24.3 Å². The van der Waals surface area contributed by atoms with Gasteiger partial charge >= 0.3 is 0 Å². The maximum absolute atomic E-state index is 12.4. The van der Waals surface area contributed by atoms with E-state index in [1.165, 1.54) is 24.8 Å². The Hall–Kier alpha value is -1.31. The molecule has 0 aliphatic heterocycles. The largest absolute Gasteiger partial charge is 0.294 e. The van der Waals surface area contributed by atoms with Gasteiger partial charge in [0.15, 0.2) is 5.78 Å². The highest BCUT2D eigenvalue weighted by Gasteiger charge is 2.20. The molecule has 3 heteroatoms. The number of benzene rings is 2. The van der Waals surface area contributed by atoms with E-state index in [0.717, 1.165) is 11.1 Å². The first-order valence-electron chi connectivity index (χ1n) is 7.20. The van der Waals surface area contributed by atoms with Crippen LogP contribution in [0.4, 0.5) is 0 Å². The van der Waals surface area contributed by atoms with Crippen LogP contribution in [0.5, 0.6) is 0 Å². The summed E-state index contributed by atoms with van der Waals surface area (Å²) in [5.74, 6) is 0.761. The number of hydrogen-bond acceptors (Lipinski definition) is 1. The second kappa shape index (κ2) is 6.21. The molecule has 108 valence electrons. The minimum atomic E-state index is 0.120. The van der Waals surface area contributed by atoms with Crippen LogP contribution in [-0.4, -0.2) is 5.78 Å². The molecule has 0 bridgehead atoms. The molecule has 1 saturated carbocycles. The van der Waals surface area contributed by atoms with Gasteiger partial charge in [0.1, 0.15) is 0 Å². The summed E-state index contributed by atoms with van der Waals surface area (Å²) in [5, 5.41) is 1.00. The second-order valence-electron chi connectivity index (χ2n) is 5.60. The van der Waals surface area contributed by atoms with Crippen molar-refractivity contribution in [2.75, 3.05) is 0 Å². The molecule has 0 heterocycles. The van der Waals surface area contributed by atoms with E-state index in [4.69, 9.17) is 23.2 Å². The normalized spacial score (nSPS) is 14.8. The zero-order valence-corrected chi connectivity index (χ0v) is 13.1. The molecular formula is C18H16Cl2O. The van der Waals surface area contributed by atoms with Crippen LogP contribution in [0.15, 0.2) is 42.5 Å². The topological polar surface area (TPSA) is 17.1 Å². The van der Waals surface area contributed by atoms with Gasteiger partial charge in [0, 0.05) is 12.0 Å². The first-order chi connectivity index (χ1) is 10.1. The molecule has 0 aromatic heterocycles. The first-order valence-corrected chi connectivity index (χ1v) is 7.96. The van der Waals surface area contributed by atoms with E-state index in [0.29, 0.717) is 22.4 Å². The molecule has 1 nitrogen and oxygen atoms in total. The number of rotatable bonds is 4. The van der Waals surface area contributed by atoms with Crippen LogP contribution in [-0.2, 0) is 6.42 Å². The number of carbonyl (C=O) groups excluding carboxylic acids is 1. The highest BCUT2D eigenvalue weighted by molar-refractivity contribution is 6.42. The van der Waals surface area contributed by atoms with Crippen molar-refractivity contribution in [1.29, 1.82) is 0 Å². The lowest BCUT2D eigenvalue weighted by Crippen LogP contribution is -2.10. The maximum Gasteiger partial charge on any atom is 0.167 e. The van der Waals surface area contributed by atoms with Gasteiger partial charge in [-0.2, -0.15) is 0 Å². The third-order valence-corrected chi connectivity index (χ3v) is 4.87. The Morgan fingerprint density at radius 1 is 1.05 bits per heavy atom. The first kappa shape index (κ1) is 14.6. The van der Waals surface area contributed by atoms with Crippen LogP contribution in [0.2, 0.25) is 10.0 Å². The van der Waals surface area contributed by atoms with Crippen LogP contribution in [0, 0.1) is 0 Å². The van der Waals surface area contributed by atoms with Gasteiger partial charge in [0.25, 0.3) is 0 Å². The predicted octanol–water partition coefficient (Wildman–Crippen LogP) is 5.69. The molecule has 0 spiro atoms. The van der Waals surface area contributed by atoms with Gasteiger partial charge in [-0.3, -0.25) is 4.79 Å². The van der Waals surface area contributed by atoms with Crippen molar-refractivity contribution in [1.82, 2.24) is 0 Å². The van der Waals surface area contributed by atoms with E-state index < -0.39 is 0 Å². The van der Waals surface area contributed by atoms with Crippen LogP contribution >= 0.6 is 23.2 Å². The Morgan fingerprint density at radius 3 is 2.52 bits per heavy atom.